The Balaban J connectivity index is 1.58. The summed E-state index contributed by atoms with van der Waals surface area (Å²) in [5.74, 6) is 0. The second-order valence-electron chi connectivity index (χ2n) is 12.5. The number of sulfone groups is 4. The Morgan fingerprint density at radius 1 is 0.375 bits per heavy atom. The van der Waals surface area contributed by atoms with Crippen LogP contribution < -0.4 is 0 Å². The molecule has 0 aromatic heterocycles. The lowest BCUT2D eigenvalue weighted by atomic mass is 9.83. The third kappa shape index (κ3) is 3.29. The van der Waals surface area contributed by atoms with Crippen LogP contribution in [0.5, 0.6) is 0 Å². The van der Waals surface area contributed by atoms with E-state index in [0.29, 0.717) is 35.1 Å². The van der Waals surface area contributed by atoms with Crippen molar-refractivity contribution >= 4 is 39.3 Å². The molecule has 0 spiro atoms. The molecular weight excluding hydrogens is 689 g/mol. The van der Waals surface area contributed by atoms with Gasteiger partial charge in [-0.2, -0.15) is 0 Å². The number of rotatable bonds is 4. The standard InChI is InChI=1S/C36H26O8S4/c1-3-9-19-20(10-4-2)36-34(32-28(48(36,43)44)18-16-26-30(32)22-12-6-8-14-24(22)46(26,39)40)33-31-27(47(41,42)35(19)33)17-15-25-29(31)21-11-5-7-13-23(21)45(25,37)38/h5-8,11-18H,3-4,9-10H2,1-2H3. The van der Waals surface area contributed by atoms with Gasteiger partial charge in [0.25, 0.3) is 0 Å². The highest BCUT2D eigenvalue weighted by molar-refractivity contribution is 7.93. The van der Waals surface area contributed by atoms with E-state index >= 15 is 0 Å². The van der Waals surface area contributed by atoms with Gasteiger partial charge in [0.2, 0.25) is 39.3 Å². The molecule has 5 aromatic rings. The predicted molar refractivity (Wildman–Crippen MR) is 178 cm³/mol. The average Bonchev–Trinajstić information content (AvgIpc) is 3.63. The summed E-state index contributed by atoms with van der Waals surface area (Å²) in [6, 6.07) is 18.1. The van der Waals surface area contributed by atoms with Crippen molar-refractivity contribution < 1.29 is 33.7 Å². The van der Waals surface area contributed by atoms with Crippen LogP contribution in [0.1, 0.15) is 37.8 Å². The monoisotopic (exact) mass is 714 g/mol. The van der Waals surface area contributed by atoms with Crippen LogP contribution in [0.25, 0.3) is 44.5 Å². The Kier molecular flexibility index (Phi) is 5.82. The molecule has 0 N–H and O–H groups in total. The number of fused-ring (bicyclic) bond motifs is 15. The minimum Gasteiger partial charge on any atom is -0.218 e. The molecule has 4 aliphatic heterocycles. The van der Waals surface area contributed by atoms with Crippen molar-refractivity contribution in [2.45, 2.75) is 78.7 Å². The average molecular weight is 715 g/mol. The summed E-state index contributed by atoms with van der Waals surface area (Å²) >= 11 is 0. The van der Waals surface area contributed by atoms with Crippen molar-refractivity contribution in [1.29, 1.82) is 0 Å². The van der Waals surface area contributed by atoms with Gasteiger partial charge in [-0.05, 0) is 60.4 Å². The van der Waals surface area contributed by atoms with Crippen LogP contribution in [-0.4, -0.2) is 33.7 Å². The van der Waals surface area contributed by atoms with E-state index in [9.17, 15) is 33.7 Å². The Labute approximate surface area is 278 Å². The fourth-order valence-electron chi connectivity index (χ4n) is 8.23. The molecule has 0 saturated heterocycles. The van der Waals surface area contributed by atoms with E-state index in [2.05, 4.69) is 0 Å². The molecule has 242 valence electrons. The molecule has 0 unspecified atom stereocenters. The summed E-state index contributed by atoms with van der Waals surface area (Å²) in [4.78, 5) is -0.256. The highest BCUT2D eigenvalue weighted by atomic mass is 32.2. The summed E-state index contributed by atoms with van der Waals surface area (Å²) < 4.78 is 115. The van der Waals surface area contributed by atoms with Crippen LogP contribution in [0, 0.1) is 0 Å². The van der Waals surface area contributed by atoms with Crippen molar-refractivity contribution in [1.82, 2.24) is 0 Å². The molecule has 0 bridgehead atoms. The largest absolute Gasteiger partial charge is 0.218 e. The topological polar surface area (TPSA) is 137 Å². The molecule has 12 heteroatoms. The zero-order valence-corrected chi connectivity index (χ0v) is 28.9. The Bertz CT molecular complexity index is 2650. The number of benzene rings is 5. The molecule has 8 nitrogen and oxygen atoms in total. The molecule has 5 aromatic carbocycles. The molecule has 4 aliphatic rings. The maximum absolute atomic E-state index is 14.8. The van der Waals surface area contributed by atoms with Gasteiger partial charge in [0.15, 0.2) is 0 Å². The number of hydrogen-bond acceptors (Lipinski definition) is 8. The lowest BCUT2D eigenvalue weighted by Gasteiger charge is -2.20. The van der Waals surface area contributed by atoms with E-state index in [1.165, 1.54) is 36.4 Å². The van der Waals surface area contributed by atoms with Crippen LogP contribution in [0.3, 0.4) is 0 Å². The van der Waals surface area contributed by atoms with Gasteiger partial charge in [-0.25, -0.2) is 33.7 Å². The third-order valence-corrected chi connectivity index (χ3v) is 17.5. The SMILES string of the molecule is CCCc1c(CCC)c2c(c3c1S(=O)(=O)c1ccc4c(c1-3)-c1ccccc1S4(=O)=O)-c1c(ccc3c1-c1ccccc1S3(=O)=O)S2(=O)=O. The van der Waals surface area contributed by atoms with Gasteiger partial charge in [-0.3, -0.25) is 0 Å². The first-order chi connectivity index (χ1) is 22.8. The Hall–Kier alpha value is -4.10. The van der Waals surface area contributed by atoms with E-state index in [0.717, 1.165) is 0 Å². The van der Waals surface area contributed by atoms with Crippen LogP contribution in [-0.2, 0) is 52.2 Å². The van der Waals surface area contributed by atoms with Gasteiger partial charge in [0.1, 0.15) is 0 Å². The molecular formula is C36H26O8S4. The quantitative estimate of drug-likeness (QED) is 0.193. The highest BCUT2D eigenvalue weighted by Gasteiger charge is 2.51. The van der Waals surface area contributed by atoms with E-state index < -0.39 is 39.3 Å². The van der Waals surface area contributed by atoms with Crippen molar-refractivity contribution in [2.24, 2.45) is 0 Å². The maximum Gasteiger partial charge on any atom is 0.208 e. The summed E-state index contributed by atoms with van der Waals surface area (Å²) in [6.07, 6.45) is 1.60. The molecule has 0 saturated carbocycles. The Morgan fingerprint density at radius 3 is 1.06 bits per heavy atom. The van der Waals surface area contributed by atoms with Gasteiger partial charge >= 0.3 is 0 Å². The first kappa shape index (κ1) is 30.0. The molecule has 9 rings (SSSR count). The van der Waals surface area contributed by atoms with Gasteiger partial charge in [-0.15, -0.1) is 0 Å². The van der Waals surface area contributed by atoms with E-state index in [-0.39, 0.29) is 85.4 Å². The number of hydrogen-bond donors (Lipinski definition) is 0. The van der Waals surface area contributed by atoms with Crippen molar-refractivity contribution in [3.8, 4) is 44.5 Å². The molecule has 48 heavy (non-hydrogen) atoms. The lowest BCUT2D eigenvalue weighted by Crippen LogP contribution is -2.10. The first-order valence-electron chi connectivity index (χ1n) is 15.6. The van der Waals surface area contributed by atoms with Crippen LogP contribution in [0.15, 0.2) is 112 Å². The summed E-state index contributed by atoms with van der Waals surface area (Å²) in [5, 5.41) is 0. The van der Waals surface area contributed by atoms with Crippen LogP contribution in [0.2, 0.25) is 0 Å². The summed E-state index contributed by atoms with van der Waals surface area (Å²) in [6.45, 7) is 3.78. The van der Waals surface area contributed by atoms with Gasteiger partial charge in [0.05, 0.1) is 39.2 Å². The Morgan fingerprint density at radius 2 is 0.708 bits per heavy atom. The minimum absolute atomic E-state index is 0.0217. The van der Waals surface area contributed by atoms with Gasteiger partial charge in [0, 0.05) is 44.5 Å². The zero-order valence-electron chi connectivity index (χ0n) is 25.7. The minimum atomic E-state index is -4.29. The van der Waals surface area contributed by atoms with Gasteiger partial charge < -0.3 is 0 Å². The van der Waals surface area contributed by atoms with E-state index in [1.54, 1.807) is 36.4 Å². The smallest absolute Gasteiger partial charge is 0.208 e. The second-order valence-corrected chi connectivity index (χ2v) is 20.0. The third-order valence-electron chi connectivity index (χ3n) is 9.96. The van der Waals surface area contributed by atoms with E-state index in [1.807, 2.05) is 13.8 Å². The van der Waals surface area contributed by atoms with Gasteiger partial charge in [-0.1, -0.05) is 63.1 Å². The van der Waals surface area contributed by atoms with E-state index in [4.69, 9.17) is 0 Å². The predicted octanol–water partition coefficient (Wildman–Crippen LogP) is 6.84. The maximum atomic E-state index is 14.8. The molecule has 0 radical (unpaired) electrons. The fraction of sp³-hybridized carbons (Fsp3) is 0.167. The van der Waals surface area contributed by atoms with Crippen molar-refractivity contribution in [2.75, 3.05) is 0 Å². The molecule has 4 heterocycles. The van der Waals surface area contributed by atoms with Crippen LogP contribution >= 0.6 is 0 Å². The molecule has 0 atom stereocenters. The van der Waals surface area contributed by atoms with Crippen LogP contribution in [0.4, 0.5) is 0 Å². The molecule has 0 aliphatic carbocycles. The summed E-state index contributed by atoms with van der Waals surface area (Å²) in [5.41, 5.74) is 2.46. The molecule has 0 amide bonds. The summed E-state index contributed by atoms with van der Waals surface area (Å²) in [7, 11) is -16.6. The van der Waals surface area contributed by atoms with Crippen molar-refractivity contribution in [3.05, 3.63) is 83.9 Å². The zero-order chi connectivity index (χ0) is 33.7. The first-order valence-corrected chi connectivity index (χ1v) is 21.5. The molecule has 0 fully saturated rings. The van der Waals surface area contributed by atoms with Crippen molar-refractivity contribution in [3.63, 3.8) is 0 Å². The normalized spacial score (nSPS) is 18.2. The fourth-order valence-corrected chi connectivity index (χ4v) is 15.5. The lowest BCUT2D eigenvalue weighted by molar-refractivity contribution is 0.592. The second kappa shape index (κ2) is 9.32. The highest BCUT2D eigenvalue weighted by Crippen LogP contribution is 2.64.